The van der Waals surface area contributed by atoms with Crippen LogP contribution in [-0.4, -0.2) is 4.40 Å². The first-order chi connectivity index (χ1) is 16.9. The van der Waals surface area contributed by atoms with Crippen LogP contribution in [0.5, 0.6) is 0 Å². The minimum Gasteiger partial charge on any atom is -0.438 e. The number of fused-ring (bicyclic) bond motifs is 13. The molecule has 0 amide bonds. The van der Waals surface area contributed by atoms with E-state index < -0.39 is 0 Å². The minimum absolute atomic E-state index is 0.925. The number of benzene rings is 6. The molecular weight excluding hydrogens is 414 g/mol. The van der Waals surface area contributed by atoms with Gasteiger partial charge in [-0.1, -0.05) is 97.1 Å². The topological polar surface area (TPSA) is 17.6 Å². The van der Waals surface area contributed by atoms with Gasteiger partial charge in [0.2, 0.25) is 5.71 Å². The Hall–Kier alpha value is -4.56. The summed E-state index contributed by atoms with van der Waals surface area (Å²) in [6.45, 7) is 0. The molecule has 2 heteroatoms. The average molecular weight is 431 g/mol. The first-order valence-electron chi connectivity index (χ1n) is 11.7. The van der Waals surface area contributed by atoms with E-state index in [4.69, 9.17) is 4.42 Å². The lowest BCUT2D eigenvalue weighted by Crippen LogP contribution is -1.90. The van der Waals surface area contributed by atoms with Crippen LogP contribution in [0.1, 0.15) is 0 Å². The molecule has 3 heterocycles. The van der Waals surface area contributed by atoms with Crippen LogP contribution in [0.3, 0.4) is 0 Å². The van der Waals surface area contributed by atoms with Crippen LogP contribution >= 0.6 is 0 Å². The molecule has 0 aliphatic heterocycles. The zero-order valence-corrected chi connectivity index (χ0v) is 18.2. The molecule has 0 N–H and O–H groups in total. The van der Waals surface area contributed by atoms with Crippen molar-refractivity contribution < 1.29 is 4.42 Å². The largest absolute Gasteiger partial charge is 0.438 e. The maximum Gasteiger partial charge on any atom is 0.213 e. The van der Waals surface area contributed by atoms with Crippen molar-refractivity contribution in [2.24, 2.45) is 0 Å². The lowest BCUT2D eigenvalue weighted by molar-refractivity contribution is 0.654. The van der Waals surface area contributed by atoms with Crippen LogP contribution in [0.2, 0.25) is 0 Å². The fraction of sp³-hybridized carbons (Fsp3) is 0. The molecule has 0 aliphatic rings. The summed E-state index contributed by atoms with van der Waals surface area (Å²) in [7, 11) is 0. The summed E-state index contributed by atoms with van der Waals surface area (Å²) in [6, 6.07) is 37.2. The summed E-state index contributed by atoms with van der Waals surface area (Å²) in [5.74, 6) is 0. The lowest BCUT2D eigenvalue weighted by Gasteiger charge is -2.10. The maximum absolute atomic E-state index is 6.92. The first kappa shape index (κ1) is 17.0. The molecule has 2 nitrogen and oxygen atoms in total. The highest BCUT2D eigenvalue weighted by Crippen LogP contribution is 2.47. The van der Waals surface area contributed by atoms with Crippen LogP contribution in [0, 0.1) is 0 Å². The predicted molar refractivity (Wildman–Crippen MR) is 143 cm³/mol. The van der Waals surface area contributed by atoms with E-state index in [1.807, 2.05) is 0 Å². The number of nitrogens with zero attached hydrogens (tertiary/aromatic N) is 1. The van der Waals surface area contributed by atoms with Crippen LogP contribution in [0.25, 0.3) is 81.6 Å². The van der Waals surface area contributed by atoms with E-state index in [0.717, 1.165) is 16.7 Å². The van der Waals surface area contributed by atoms with Crippen LogP contribution in [0.15, 0.2) is 108 Å². The molecule has 0 unspecified atom stereocenters. The van der Waals surface area contributed by atoms with Crippen molar-refractivity contribution in [3.05, 3.63) is 103 Å². The normalized spacial score (nSPS) is 12.7. The molecule has 0 atom stereocenters. The molecule has 0 bridgehead atoms. The molecule has 0 radical (unpaired) electrons. The highest BCUT2D eigenvalue weighted by atomic mass is 16.3. The Kier molecular flexibility index (Phi) is 2.83. The molecule has 9 aromatic rings. The summed E-state index contributed by atoms with van der Waals surface area (Å²) in [6.07, 6.45) is 0. The number of furan rings is 1. The summed E-state index contributed by atoms with van der Waals surface area (Å²) >= 11 is 0. The third-order valence-electron chi connectivity index (χ3n) is 7.70. The Morgan fingerprint density at radius 3 is 1.97 bits per heavy atom. The molecule has 0 saturated carbocycles. The molecule has 9 rings (SSSR count). The summed E-state index contributed by atoms with van der Waals surface area (Å²) in [5.41, 5.74) is 4.33. The number of aromatic nitrogens is 1. The molecule has 0 fully saturated rings. The van der Waals surface area contributed by atoms with E-state index in [-0.39, 0.29) is 0 Å². The number of rotatable bonds is 0. The molecule has 0 saturated heterocycles. The standard InChI is InChI=1S/C32H17NO/c1-3-12-22-19(9-1)20-10-2-4-13-24(20)31-28(22)29-25-14-7-8-18-16-17-23-21-11-5-6-15-26(21)33(32(29)34-31)30(23)27(18)25/h1-17H. The molecule has 3 aromatic heterocycles. The van der Waals surface area contributed by atoms with Crippen molar-refractivity contribution >= 4 is 81.6 Å². The highest BCUT2D eigenvalue weighted by Gasteiger charge is 2.24. The monoisotopic (exact) mass is 431 g/mol. The minimum atomic E-state index is 0.925. The van der Waals surface area contributed by atoms with Gasteiger partial charge in [-0.15, -0.1) is 0 Å². The predicted octanol–water partition coefficient (Wildman–Crippen LogP) is 9.04. The van der Waals surface area contributed by atoms with E-state index in [1.165, 1.54) is 64.9 Å². The molecule has 0 spiro atoms. The smallest absolute Gasteiger partial charge is 0.213 e. The zero-order valence-electron chi connectivity index (χ0n) is 18.2. The number of para-hydroxylation sites is 1. The van der Waals surface area contributed by atoms with Gasteiger partial charge < -0.3 is 4.42 Å². The SMILES string of the molecule is c1ccc2c(c1)c1ccccc1c1c2oc2c1c1cccc3ccc4c5ccccc5n2c4c31. The average Bonchev–Trinajstić information content (AvgIpc) is 3.46. The second-order valence-corrected chi connectivity index (χ2v) is 9.30. The Bertz CT molecular complexity index is 2280. The van der Waals surface area contributed by atoms with Crippen molar-refractivity contribution in [3.8, 4) is 0 Å². The lowest BCUT2D eigenvalue weighted by atomic mass is 9.94. The maximum atomic E-state index is 6.92. The van der Waals surface area contributed by atoms with Crippen molar-refractivity contribution in [2.45, 2.75) is 0 Å². The van der Waals surface area contributed by atoms with Crippen molar-refractivity contribution in [3.63, 3.8) is 0 Å². The van der Waals surface area contributed by atoms with Crippen LogP contribution in [-0.2, 0) is 0 Å². The molecule has 0 aliphatic carbocycles. The summed E-state index contributed by atoms with van der Waals surface area (Å²) in [4.78, 5) is 0. The first-order valence-corrected chi connectivity index (χ1v) is 11.7. The fourth-order valence-electron chi connectivity index (χ4n) is 6.37. The Morgan fingerprint density at radius 2 is 1.12 bits per heavy atom. The van der Waals surface area contributed by atoms with Gasteiger partial charge in [0.1, 0.15) is 5.58 Å². The molecule has 6 aromatic carbocycles. The van der Waals surface area contributed by atoms with Gasteiger partial charge in [0.15, 0.2) is 0 Å². The van der Waals surface area contributed by atoms with E-state index in [1.54, 1.807) is 0 Å². The molecule has 156 valence electrons. The third-order valence-corrected chi connectivity index (χ3v) is 7.70. The van der Waals surface area contributed by atoms with E-state index in [0.29, 0.717) is 0 Å². The van der Waals surface area contributed by atoms with Gasteiger partial charge >= 0.3 is 0 Å². The van der Waals surface area contributed by atoms with Gasteiger partial charge in [-0.25, -0.2) is 0 Å². The number of hydrogen-bond acceptors (Lipinski definition) is 1. The highest BCUT2D eigenvalue weighted by molar-refractivity contribution is 6.37. The Morgan fingerprint density at radius 1 is 0.441 bits per heavy atom. The Labute approximate surface area is 193 Å². The van der Waals surface area contributed by atoms with Gasteiger partial charge in [-0.05, 0) is 33.0 Å². The second kappa shape index (κ2) is 5.67. The van der Waals surface area contributed by atoms with E-state index >= 15 is 0 Å². The van der Waals surface area contributed by atoms with Gasteiger partial charge in [0.05, 0.1) is 16.4 Å². The van der Waals surface area contributed by atoms with Crippen LogP contribution < -0.4 is 0 Å². The van der Waals surface area contributed by atoms with E-state index in [9.17, 15) is 0 Å². The summed E-state index contributed by atoms with van der Waals surface area (Å²) < 4.78 is 9.28. The van der Waals surface area contributed by atoms with Gasteiger partial charge in [0, 0.05) is 26.9 Å². The quantitative estimate of drug-likeness (QED) is 0.219. The van der Waals surface area contributed by atoms with Crippen molar-refractivity contribution in [2.75, 3.05) is 0 Å². The number of pyridine rings is 1. The summed E-state index contributed by atoms with van der Waals surface area (Å²) in [5, 5.41) is 13.7. The number of hydrogen-bond donors (Lipinski definition) is 0. The van der Waals surface area contributed by atoms with Gasteiger partial charge in [-0.2, -0.15) is 0 Å². The van der Waals surface area contributed by atoms with E-state index in [2.05, 4.69) is 108 Å². The second-order valence-electron chi connectivity index (χ2n) is 9.30. The zero-order chi connectivity index (χ0) is 22.0. The fourth-order valence-corrected chi connectivity index (χ4v) is 6.37. The van der Waals surface area contributed by atoms with Crippen LogP contribution in [0.4, 0.5) is 0 Å². The molecule has 34 heavy (non-hydrogen) atoms. The molecular formula is C32H17NO. The van der Waals surface area contributed by atoms with Crippen molar-refractivity contribution in [1.82, 2.24) is 4.40 Å². The third kappa shape index (κ3) is 1.79. The van der Waals surface area contributed by atoms with Gasteiger partial charge in [0.25, 0.3) is 0 Å². The Balaban J connectivity index is 1.75. The van der Waals surface area contributed by atoms with Gasteiger partial charge in [-0.3, -0.25) is 4.40 Å². The van der Waals surface area contributed by atoms with Crippen molar-refractivity contribution in [1.29, 1.82) is 0 Å².